The summed E-state index contributed by atoms with van der Waals surface area (Å²) >= 11 is 0. The van der Waals surface area contributed by atoms with Crippen LogP contribution >= 0.6 is 0 Å². The van der Waals surface area contributed by atoms with Crippen LogP contribution in [0.25, 0.3) is 0 Å². The van der Waals surface area contributed by atoms with Crippen LogP contribution in [-0.4, -0.2) is 25.4 Å². The maximum atomic E-state index is 12.1. The average molecular weight is 254 g/mol. The van der Waals surface area contributed by atoms with Crippen LogP contribution in [0.15, 0.2) is 23.1 Å². The minimum Gasteiger partial charge on any atom is -0.392 e. The van der Waals surface area contributed by atoms with Crippen LogP contribution in [0.2, 0.25) is 0 Å². The molecule has 94 valence electrons. The number of rotatable bonds is 4. The summed E-state index contributed by atoms with van der Waals surface area (Å²) in [6.45, 7) is 3.73. The van der Waals surface area contributed by atoms with Crippen LogP contribution < -0.4 is 0 Å². The molecule has 0 spiro atoms. The molecule has 1 N–H and O–H groups in total. The van der Waals surface area contributed by atoms with Crippen molar-refractivity contribution >= 4 is 9.84 Å². The first-order chi connectivity index (χ1) is 7.90. The normalized spacial score (nSPS) is 18.1. The van der Waals surface area contributed by atoms with Gasteiger partial charge in [0, 0.05) is 0 Å². The van der Waals surface area contributed by atoms with Gasteiger partial charge in [-0.1, -0.05) is 17.7 Å². The molecule has 0 bridgehead atoms. The second-order valence-corrected chi connectivity index (χ2v) is 6.96. The molecule has 2 rings (SSSR count). The van der Waals surface area contributed by atoms with Gasteiger partial charge in [0.2, 0.25) is 0 Å². The molecule has 17 heavy (non-hydrogen) atoms. The monoisotopic (exact) mass is 254 g/mol. The summed E-state index contributed by atoms with van der Waals surface area (Å²) in [6.07, 6.45) is 1.19. The predicted octanol–water partition coefficient (Wildman–Crippen LogP) is 1.85. The summed E-state index contributed by atoms with van der Waals surface area (Å²) in [5.74, 6) is 0.0391. The van der Waals surface area contributed by atoms with Crippen molar-refractivity contribution in [3.63, 3.8) is 0 Å². The van der Waals surface area contributed by atoms with Crippen molar-refractivity contribution in [2.45, 2.75) is 37.7 Å². The molecule has 1 aliphatic rings. The Kier molecular flexibility index (Phi) is 3.27. The lowest BCUT2D eigenvalue weighted by atomic mass is 10.2. The van der Waals surface area contributed by atoms with Crippen molar-refractivity contribution < 1.29 is 13.5 Å². The van der Waals surface area contributed by atoms with Crippen LogP contribution in [0, 0.1) is 19.8 Å². The molecule has 1 saturated carbocycles. The van der Waals surface area contributed by atoms with E-state index in [0.29, 0.717) is 4.90 Å². The zero-order chi connectivity index (χ0) is 12.6. The minimum absolute atomic E-state index is 0.151. The number of hydrogen-bond donors (Lipinski definition) is 1. The summed E-state index contributed by atoms with van der Waals surface area (Å²) in [5, 5.41) is 9.75. The van der Waals surface area contributed by atoms with Crippen LogP contribution in [0.1, 0.15) is 24.0 Å². The lowest BCUT2D eigenvalue weighted by molar-refractivity contribution is 0.174. The number of aliphatic hydroxyl groups is 1. The van der Waals surface area contributed by atoms with Crippen molar-refractivity contribution in [1.29, 1.82) is 0 Å². The Hall–Kier alpha value is -0.870. The quantitative estimate of drug-likeness (QED) is 0.892. The topological polar surface area (TPSA) is 54.4 Å². The molecule has 0 aromatic heterocycles. The highest BCUT2D eigenvalue weighted by Gasteiger charge is 2.33. The smallest absolute Gasteiger partial charge is 0.181 e. The van der Waals surface area contributed by atoms with E-state index < -0.39 is 15.9 Å². The molecule has 1 aromatic rings. The Balaban J connectivity index is 2.24. The van der Waals surface area contributed by atoms with Gasteiger partial charge in [-0.3, -0.25) is 0 Å². The number of aryl methyl sites for hydroxylation is 2. The molecule has 1 aromatic carbocycles. The fraction of sp³-hybridized carbons (Fsp3) is 0.538. The lowest BCUT2D eigenvalue weighted by Gasteiger charge is -2.12. The maximum Gasteiger partial charge on any atom is 0.181 e. The molecule has 0 heterocycles. The predicted molar refractivity (Wildman–Crippen MR) is 66.7 cm³/mol. The third-order valence-corrected chi connectivity index (χ3v) is 5.13. The summed E-state index contributed by atoms with van der Waals surface area (Å²) in [6, 6.07) is 5.29. The van der Waals surface area contributed by atoms with Gasteiger partial charge in [0.15, 0.2) is 9.84 Å². The largest absolute Gasteiger partial charge is 0.392 e. The first kappa shape index (κ1) is 12.6. The number of benzene rings is 1. The molecule has 1 unspecified atom stereocenters. The van der Waals surface area contributed by atoms with Gasteiger partial charge < -0.3 is 5.11 Å². The van der Waals surface area contributed by atoms with Crippen LogP contribution in [0.4, 0.5) is 0 Å². The van der Waals surface area contributed by atoms with E-state index in [1.165, 1.54) is 0 Å². The van der Waals surface area contributed by atoms with Crippen LogP contribution in [0.3, 0.4) is 0 Å². The lowest BCUT2D eigenvalue weighted by Crippen LogP contribution is -2.23. The Morgan fingerprint density at radius 3 is 2.53 bits per heavy atom. The van der Waals surface area contributed by atoms with Gasteiger partial charge in [-0.2, -0.15) is 0 Å². The number of sulfone groups is 1. The Morgan fingerprint density at radius 2 is 2.00 bits per heavy atom. The third-order valence-electron chi connectivity index (χ3n) is 3.22. The second kappa shape index (κ2) is 4.42. The van der Waals surface area contributed by atoms with Gasteiger partial charge in [0.05, 0.1) is 16.8 Å². The van der Waals surface area contributed by atoms with E-state index >= 15 is 0 Å². The van der Waals surface area contributed by atoms with Crippen LogP contribution in [0.5, 0.6) is 0 Å². The molecule has 3 nitrogen and oxygen atoms in total. The highest BCUT2D eigenvalue weighted by atomic mass is 32.2. The van der Waals surface area contributed by atoms with E-state index in [0.717, 1.165) is 24.0 Å². The van der Waals surface area contributed by atoms with Crippen molar-refractivity contribution in [2.24, 2.45) is 5.92 Å². The number of aliphatic hydroxyl groups excluding tert-OH is 1. The second-order valence-electron chi connectivity index (χ2n) is 4.96. The number of hydrogen-bond acceptors (Lipinski definition) is 3. The first-order valence-corrected chi connectivity index (χ1v) is 7.53. The molecule has 0 amide bonds. The first-order valence-electron chi connectivity index (χ1n) is 5.88. The molecule has 0 aliphatic heterocycles. The highest BCUT2D eigenvalue weighted by molar-refractivity contribution is 7.91. The average Bonchev–Trinajstić information content (AvgIpc) is 2.98. The summed E-state index contributed by atoms with van der Waals surface area (Å²) < 4.78 is 24.3. The van der Waals surface area contributed by atoms with Gasteiger partial charge in [0.1, 0.15) is 0 Å². The molecule has 1 atom stereocenters. The van der Waals surface area contributed by atoms with E-state index in [9.17, 15) is 13.5 Å². The minimum atomic E-state index is -3.36. The van der Waals surface area contributed by atoms with Gasteiger partial charge in [-0.05, 0) is 44.2 Å². The Bertz CT molecular complexity index is 515. The van der Waals surface area contributed by atoms with E-state index in [1.807, 2.05) is 13.0 Å². The fourth-order valence-corrected chi connectivity index (χ4v) is 3.81. The van der Waals surface area contributed by atoms with Gasteiger partial charge in [-0.15, -0.1) is 0 Å². The molecular formula is C13H18O3S. The molecule has 0 saturated heterocycles. The maximum absolute atomic E-state index is 12.1. The summed E-state index contributed by atoms with van der Waals surface area (Å²) in [4.78, 5) is 0.350. The Labute approximate surface area is 102 Å². The SMILES string of the molecule is Cc1ccc(S(=O)(=O)CC(O)C2CC2)c(C)c1. The van der Waals surface area contributed by atoms with Gasteiger partial charge >= 0.3 is 0 Å². The van der Waals surface area contributed by atoms with Crippen molar-refractivity contribution in [3.05, 3.63) is 29.3 Å². The van der Waals surface area contributed by atoms with E-state index in [4.69, 9.17) is 0 Å². The summed E-state index contributed by atoms with van der Waals surface area (Å²) in [5.41, 5.74) is 1.80. The molecule has 1 fully saturated rings. The molecule has 0 radical (unpaired) electrons. The van der Waals surface area contributed by atoms with Gasteiger partial charge in [-0.25, -0.2) is 8.42 Å². The zero-order valence-corrected chi connectivity index (χ0v) is 11.0. The standard InChI is InChI=1S/C13H18O3S/c1-9-3-6-13(10(2)7-9)17(15,16)8-12(14)11-4-5-11/h3,6-7,11-12,14H,4-5,8H2,1-2H3. The Morgan fingerprint density at radius 1 is 1.35 bits per heavy atom. The highest BCUT2D eigenvalue weighted by Crippen LogP contribution is 2.34. The molecule has 1 aliphatic carbocycles. The van der Waals surface area contributed by atoms with Crippen molar-refractivity contribution in [2.75, 3.05) is 5.75 Å². The van der Waals surface area contributed by atoms with Gasteiger partial charge in [0.25, 0.3) is 0 Å². The fourth-order valence-electron chi connectivity index (χ4n) is 2.08. The third kappa shape index (κ3) is 2.87. The molecular weight excluding hydrogens is 236 g/mol. The summed E-state index contributed by atoms with van der Waals surface area (Å²) in [7, 11) is -3.36. The van der Waals surface area contributed by atoms with E-state index in [1.54, 1.807) is 19.1 Å². The van der Waals surface area contributed by atoms with Crippen LogP contribution in [-0.2, 0) is 9.84 Å². The molecule has 4 heteroatoms. The van der Waals surface area contributed by atoms with E-state index in [2.05, 4.69) is 0 Å². The zero-order valence-electron chi connectivity index (χ0n) is 10.2. The van der Waals surface area contributed by atoms with Crippen molar-refractivity contribution in [3.8, 4) is 0 Å². The van der Waals surface area contributed by atoms with E-state index in [-0.39, 0.29) is 11.7 Å². The van der Waals surface area contributed by atoms with Crippen molar-refractivity contribution in [1.82, 2.24) is 0 Å².